The average Bonchev–Trinajstić information content (AvgIpc) is 2.62. The minimum absolute atomic E-state index is 0.112. The van der Waals surface area contributed by atoms with Gasteiger partial charge in [-0.15, -0.1) is 0 Å². The summed E-state index contributed by atoms with van der Waals surface area (Å²) in [6.07, 6.45) is 0. The lowest BCUT2D eigenvalue weighted by atomic mass is 10.1. The molecule has 0 aliphatic heterocycles. The van der Waals surface area contributed by atoms with E-state index >= 15 is 0 Å². The van der Waals surface area contributed by atoms with Gasteiger partial charge in [-0.3, -0.25) is 0 Å². The molecule has 0 heterocycles. The summed E-state index contributed by atoms with van der Waals surface area (Å²) in [4.78, 5) is 0. The van der Waals surface area contributed by atoms with E-state index in [2.05, 4.69) is 20.1 Å². The van der Waals surface area contributed by atoms with Gasteiger partial charge in [0.1, 0.15) is 0 Å². The monoisotopic (exact) mass is 450 g/mol. The van der Waals surface area contributed by atoms with E-state index in [1.807, 2.05) is 41.5 Å². The van der Waals surface area contributed by atoms with Crippen molar-refractivity contribution < 1.29 is 26.6 Å². The van der Waals surface area contributed by atoms with Gasteiger partial charge in [0.15, 0.2) is 0 Å². The molecule has 6 nitrogen and oxygen atoms in total. The number of hydrogen-bond donors (Lipinski definition) is 0. The molecule has 0 aliphatic rings. The molecule has 0 fully saturated rings. The highest BCUT2D eigenvalue weighted by molar-refractivity contribution is 6.72. The molecule has 0 amide bonds. The highest BCUT2D eigenvalue weighted by Gasteiger charge is 2.54. The quantitative estimate of drug-likeness (QED) is 0.318. The molecule has 28 heavy (non-hydrogen) atoms. The maximum atomic E-state index is 6.11. The van der Waals surface area contributed by atoms with Crippen molar-refractivity contribution in [2.45, 2.75) is 54.0 Å². The van der Waals surface area contributed by atoms with Crippen LogP contribution in [0.4, 0.5) is 0 Å². The van der Waals surface area contributed by atoms with Gasteiger partial charge in [-0.1, -0.05) is 20.1 Å². The molecule has 0 aliphatic carbocycles. The maximum Gasteiger partial charge on any atom is 0.532 e. The molecule has 0 aromatic carbocycles. The Morgan fingerprint density at radius 3 is 1.00 bits per heavy atom. The number of rotatable bonds is 17. The minimum Gasteiger partial charge on any atom is -0.370 e. The lowest BCUT2D eigenvalue weighted by Crippen LogP contribution is -2.55. The number of hydrogen-bond acceptors (Lipinski definition) is 6. The fourth-order valence-electron chi connectivity index (χ4n) is 3.34. The second kappa shape index (κ2) is 14.0. The third kappa shape index (κ3) is 6.99. The first-order chi connectivity index (χ1) is 13.3. The van der Waals surface area contributed by atoms with Gasteiger partial charge in [0.2, 0.25) is 0 Å². The van der Waals surface area contributed by atoms with Gasteiger partial charge >= 0.3 is 17.6 Å². The topological polar surface area (TPSA) is 55.4 Å². The predicted octanol–water partition coefficient (Wildman–Crippen LogP) is 3.06. The van der Waals surface area contributed by atoms with Crippen LogP contribution in [0.2, 0.25) is 5.54 Å². The van der Waals surface area contributed by atoms with Gasteiger partial charge in [-0.2, -0.15) is 0 Å². The molecule has 0 saturated carbocycles. The Morgan fingerprint density at radius 2 is 0.857 bits per heavy atom. The molecule has 0 aromatic heterocycles. The summed E-state index contributed by atoms with van der Waals surface area (Å²) in [6, 6.07) is 0. The van der Waals surface area contributed by atoms with E-state index in [0.717, 1.165) is 20.6 Å². The first kappa shape index (κ1) is 27.9. The summed E-state index contributed by atoms with van der Waals surface area (Å²) in [5.74, 6) is -0.112. The summed E-state index contributed by atoms with van der Waals surface area (Å²) < 4.78 is 36.6. The Balaban J connectivity index is 6.24. The zero-order chi connectivity index (χ0) is 21.8. The van der Waals surface area contributed by atoms with Crippen LogP contribution in [0.1, 0.15) is 48.5 Å². The lowest BCUT2D eigenvalue weighted by Gasteiger charge is -2.40. The third-order valence-electron chi connectivity index (χ3n) is 4.21. The van der Waals surface area contributed by atoms with Crippen LogP contribution in [0, 0.1) is 5.92 Å². The van der Waals surface area contributed by atoms with Crippen LogP contribution < -0.4 is 0 Å². The highest BCUT2D eigenvalue weighted by Crippen LogP contribution is 2.40. The molecule has 1 atom stereocenters. The van der Waals surface area contributed by atoms with E-state index in [0.29, 0.717) is 45.2 Å². The van der Waals surface area contributed by atoms with Crippen molar-refractivity contribution in [2.75, 3.05) is 39.6 Å². The molecule has 0 aromatic rings. The molecule has 0 bridgehead atoms. The van der Waals surface area contributed by atoms with Gasteiger partial charge in [0, 0.05) is 55.8 Å². The van der Waals surface area contributed by atoms with E-state index in [1.54, 1.807) is 0 Å². The van der Waals surface area contributed by atoms with Crippen LogP contribution >= 0.6 is 0 Å². The van der Waals surface area contributed by atoms with Crippen molar-refractivity contribution in [3.63, 3.8) is 0 Å². The average molecular weight is 451 g/mol. The minimum atomic E-state index is -3.11. The standard InChI is InChI=1S/C19H42O6Si3/c1-10-20-27(21-11-2,22-12-3)17(8)19(16(7)26)18(9)28(23-13-4,24-14-5)25-15-6/h16,19H,8-15H2,1-7,26H3. The Morgan fingerprint density at radius 1 is 0.643 bits per heavy atom. The fraction of sp³-hybridized carbons (Fsp3) is 0.789. The molecular formula is C19H42O6Si3. The van der Waals surface area contributed by atoms with Crippen LogP contribution in [0.25, 0.3) is 0 Å². The second-order valence-corrected chi connectivity index (χ2v) is 13.5. The van der Waals surface area contributed by atoms with Crippen LogP contribution in [0.15, 0.2) is 23.6 Å². The van der Waals surface area contributed by atoms with Crippen LogP contribution in [0.5, 0.6) is 0 Å². The molecular weight excluding hydrogens is 408 g/mol. The third-order valence-corrected chi connectivity index (χ3v) is 11.1. The summed E-state index contributed by atoms with van der Waals surface area (Å²) >= 11 is 0. The smallest absolute Gasteiger partial charge is 0.370 e. The largest absolute Gasteiger partial charge is 0.532 e. The summed E-state index contributed by atoms with van der Waals surface area (Å²) in [5.41, 5.74) is 0.307. The maximum absolute atomic E-state index is 6.11. The van der Waals surface area contributed by atoms with Gasteiger partial charge < -0.3 is 26.6 Å². The van der Waals surface area contributed by atoms with E-state index in [4.69, 9.17) is 26.6 Å². The second-order valence-electron chi connectivity index (χ2n) is 6.48. The summed E-state index contributed by atoms with van der Waals surface area (Å²) in [6.45, 7) is 25.6. The van der Waals surface area contributed by atoms with E-state index in [-0.39, 0.29) is 5.92 Å². The normalized spacial score (nSPS) is 13.9. The first-order valence-corrected chi connectivity index (χ1v) is 15.1. The number of allylic oxidation sites excluding steroid dienone is 2. The zero-order valence-corrected chi connectivity index (χ0v) is 23.3. The molecule has 0 radical (unpaired) electrons. The van der Waals surface area contributed by atoms with Crippen molar-refractivity contribution in [2.24, 2.45) is 5.92 Å². The first-order valence-electron chi connectivity index (χ1n) is 10.5. The van der Waals surface area contributed by atoms with Gasteiger partial charge in [0.25, 0.3) is 0 Å². The Kier molecular flexibility index (Phi) is 13.9. The molecule has 0 spiro atoms. The van der Waals surface area contributed by atoms with Gasteiger partial charge in [-0.25, -0.2) is 0 Å². The predicted molar refractivity (Wildman–Crippen MR) is 122 cm³/mol. The van der Waals surface area contributed by atoms with Crippen molar-refractivity contribution in [3.8, 4) is 0 Å². The molecule has 9 heteroatoms. The van der Waals surface area contributed by atoms with E-state index in [1.165, 1.54) is 0 Å². The van der Waals surface area contributed by atoms with Crippen LogP contribution in [-0.4, -0.2) is 67.5 Å². The molecule has 166 valence electrons. The van der Waals surface area contributed by atoms with Crippen LogP contribution in [-0.2, 0) is 26.6 Å². The van der Waals surface area contributed by atoms with Crippen molar-refractivity contribution in [1.29, 1.82) is 0 Å². The molecule has 0 N–H and O–H groups in total. The zero-order valence-electron chi connectivity index (χ0n) is 19.3. The van der Waals surface area contributed by atoms with Crippen molar-refractivity contribution in [1.82, 2.24) is 0 Å². The Hall–Kier alpha value is -0.109. The lowest BCUT2D eigenvalue weighted by molar-refractivity contribution is 0.0735. The summed E-state index contributed by atoms with van der Waals surface area (Å²) in [5, 5.41) is 1.64. The van der Waals surface area contributed by atoms with E-state index in [9.17, 15) is 0 Å². The molecule has 0 rings (SSSR count). The van der Waals surface area contributed by atoms with Crippen molar-refractivity contribution >= 4 is 27.9 Å². The molecule has 1 unspecified atom stereocenters. The Labute approximate surface area is 177 Å². The van der Waals surface area contributed by atoms with Gasteiger partial charge in [-0.05, 0) is 57.5 Å². The van der Waals surface area contributed by atoms with Crippen molar-refractivity contribution in [3.05, 3.63) is 23.6 Å². The van der Waals surface area contributed by atoms with Gasteiger partial charge in [0.05, 0.1) is 0 Å². The highest BCUT2D eigenvalue weighted by atomic mass is 28.4. The Bertz CT molecular complexity index is 401. The van der Waals surface area contributed by atoms with Crippen LogP contribution in [0.3, 0.4) is 0 Å². The van der Waals surface area contributed by atoms with E-state index < -0.39 is 17.6 Å². The SMILES string of the molecule is C=C(C(C(=C)[Si](OCC)(OCC)OCC)C(C)[SiH3])[Si](OCC)(OCC)OCC. The summed E-state index contributed by atoms with van der Waals surface area (Å²) in [7, 11) is -5.30. The fourth-order valence-corrected chi connectivity index (χ4v) is 10.6. The molecule has 0 saturated heterocycles.